The van der Waals surface area contributed by atoms with E-state index >= 15 is 0 Å². The second-order valence-corrected chi connectivity index (χ2v) is 13.2. The Morgan fingerprint density at radius 3 is 2.31 bits per heavy atom. The largest absolute Gasteiger partial charge is 0.493 e. The molecule has 2 atom stereocenters. The number of aromatic nitrogens is 1. The first-order valence-corrected chi connectivity index (χ1v) is 17.1. The summed E-state index contributed by atoms with van der Waals surface area (Å²) in [6, 6.07) is 10.2. The number of hydrogen-bond acceptors (Lipinski definition) is 9. The van der Waals surface area contributed by atoms with E-state index in [9.17, 15) is 14.4 Å². The van der Waals surface area contributed by atoms with Crippen molar-refractivity contribution in [2.45, 2.75) is 58.5 Å². The topological polar surface area (TPSA) is 122 Å². The normalized spacial score (nSPS) is 16.6. The number of rotatable bonds is 12. The van der Waals surface area contributed by atoms with Gasteiger partial charge in [0.25, 0.3) is 0 Å². The number of benzene rings is 1. The predicted octanol–water partition coefficient (Wildman–Crippen LogP) is 4.47. The van der Waals surface area contributed by atoms with E-state index in [1.54, 1.807) is 33.5 Å². The molecule has 2 amide bonds. The van der Waals surface area contributed by atoms with Gasteiger partial charge in [-0.1, -0.05) is 19.9 Å². The number of pyridine rings is 1. The minimum atomic E-state index is -0.574. The van der Waals surface area contributed by atoms with Crippen LogP contribution in [-0.2, 0) is 22.4 Å². The Labute approximate surface area is 289 Å². The molecule has 1 fully saturated rings. The van der Waals surface area contributed by atoms with Gasteiger partial charge in [-0.3, -0.25) is 24.3 Å². The molecule has 2 aromatic carbocycles. The third kappa shape index (κ3) is 8.33. The van der Waals surface area contributed by atoms with Crippen LogP contribution in [0.2, 0.25) is 0 Å². The first-order chi connectivity index (χ1) is 23.6. The third-order valence-electron chi connectivity index (χ3n) is 9.40. The molecule has 0 bridgehead atoms. The zero-order chi connectivity index (χ0) is 35.1. The molecule has 0 saturated carbocycles. The standard InChI is InChI=1S/C38H49N5O6/c1-24(2)21-32(38(46)43-19-17-42(18-20-43)16-13-26-11-14-39-15-12-26)41-31-10-8-28-29(23-33(31)45)30(40-25(3)44)9-7-27-22-34(47-4)36(48-5)37(49-6)35(27)28/h8,10-12,14-15,22-24,30,32H,7,9,13,16-21H2,1-6H3,(H,40,44)(H,41,45)/t30-,32-/m0/s1. The minimum Gasteiger partial charge on any atom is -0.493 e. The summed E-state index contributed by atoms with van der Waals surface area (Å²) in [5, 5.41) is 6.40. The van der Waals surface area contributed by atoms with Crippen molar-refractivity contribution < 1.29 is 23.8 Å². The number of nitrogens with one attached hydrogen (secondary N) is 2. The highest BCUT2D eigenvalue weighted by atomic mass is 16.5. The molecule has 1 aliphatic carbocycles. The minimum absolute atomic E-state index is 0.00470. The summed E-state index contributed by atoms with van der Waals surface area (Å²) in [4.78, 5) is 48.7. The summed E-state index contributed by atoms with van der Waals surface area (Å²) < 4.78 is 17.3. The quantitative estimate of drug-likeness (QED) is 0.287. The van der Waals surface area contributed by atoms with E-state index < -0.39 is 12.1 Å². The van der Waals surface area contributed by atoms with Gasteiger partial charge in [0, 0.05) is 57.6 Å². The average Bonchev–Trinajstić information content (AvgIpc) is 3.34. The number of ether oxygens (including phenoxy) is 3. The lowest BCUT2D eigenvalue weighted by atomic mass is 9.95. The fourth-order valence-electron chi connectivity index (χ4n) is 6.96. The molecular formula is C38H49N5O6. The van der Waals surface area contributed by atoms with Crippen LogP contribution in [0.15, 0.2) is 53.6 Å². The van der Waals surface area contributed by atoms with E-state index in [0.717, 1.165) is 42.7 Å². The number of fused-ring (bicyclic) bond motifs is 3. The van der Waals surface area contributed by atoms with Crippen LogP contribution in [0, 0.1) is 5.92 Å². The van der Waals surface area contributed by atoms with Gasteiger partial charge in [-0.05, 0) is 84.2 Å². The van der Waals surface area contributed by atoms with Crippen molar-refractivity contribution in [2.75, 3.05) is 59.4 Å². The molecule has 11 heteroatoms. The first kappa shape index (κ1) is 35.7. The van der Waals surface area contributed by atoms with Crippen molar-refractivity contribution in [3.8, 4) is 28.4 Å². The fourth-order valence-corrected chi connectivity index (χ4v) is 6.96. The van der Waals surface area contributed by atoms with Crippen molar-refractivity contribution in [3.63, 3.8) is 0 Å². The molecule has 5 rings (SSSR count). The number of anilines is 1. The second kappa shape index (κ2) is 16.2. The number of aryl methyl sites for hydroxylation is 1. The highest BCUT2D eigenvalue weighted by Gasteiger charge is 2.31. The highest BCUT2D eigenvalue weighted by Crippen LogP contribution is 2.50. The molecule has 262 valence electrons. The Morgan fingerprint density at radius 1 is 0.959 bits per heavy atom. The van der Waals surface area contributed by atoms with Crippen LogP contribution in [0.25, 0.3) is 11.1 Å². The Bertz CT molecular complexity index is 1690. The maximum Gasteiger partial charge on any atom is 0.245 e. The summed E-state index contributed by atoms with van der Waals surface area (Å²) >= 11 is 0. The Balaban J connectivity index is 1.45. The lowest BCUT2D eigenvalue weighted by molar-refractivity contribution is -0.134. The summed E-state index contributed by atoms with van der Waals surface area (Å²) in [6.45, 7) is 9.41. The molecule has 2 heterocycles. The first-order valence-electron chi connectivity index (χ1n) is 17.1. The van der Waals surface area contributed by atoms with E-state index in [0.29, 0.717) is 60.9 Å². The molecule has 1 aromatic heterocycles. The zero-order valence-corrected chi connectivity index (χ0v) is 29.5. The molecule has 11 nitrogen and oxygen atoms in total. The molecule has 1 aliphatic heterocycles. The summed E-state index contributed by atoms with van der Waals surface area (Å²) in [5.74, 6) is 1.49. The fraction of sp³-hybridized carbons (Fsp3) is 0.474. The van der Waals surface area contributed by atoms with Crippen molar-refractivity contribution in [2.24, 2.45) is 5.92 Å². The van der Waals surface area contributed by atoms with E-state index in [2.05, 4.69) is 34.4 Å². The molecule has 2 N–H and O–H groups in total. The number of carbonyl (C=O) groups is 2. The van der Waals surface area contributed by atoms with Crippen LogP contribution in [0.3, 0.4) is 0 Å². The molecule has 1 saturated heterocycles. The second-order valence-electron chi connectivity index (χ2n) is 13.2. The molecule has 0 radical (unpaired) electrons. The molecule has 0 spiro atoms. The van der Waals surface area contributed by atoms with Gasteiger partial charge in [-0.25, -0.2) is 0 Å². The van der Waals surface area contributed by atoms with Crippen LogP contribution in [0.1, 0.15) is 56.3 Å². The zero-order valence-electron chi connectivity index (χ0n) is 29.5. The van der Waals surface area contributed by atoms with Gasteiger partial charge in [-0.2, -0.15) is 0 Å². The molecule has 0 unspecified atom stereocenters. The van der Waals surface area contributed by atoms with Gasteiger partial charge < -0.3 is 29.7 Å². The molecule has 2 aliphatic rings. The van der Waals surface area contributed by atoms with Crippen molar-refractivity contribution in [3.05, 3.63) is 75.7 Å². The van der Waals surface area contributed by atoms with Gasteiger partial charge in [-0.15, -0.1) is 0 Å². The molecular weight excluding hydrogens is 622 g/mol. The van der Waals surface area contributed by atoms with E-state index in [1.807, 2.05) is 41.6 Å². The van der Waals surface area contributed by atoms with E-state index in [1.165, 1.54) is 12.5 Å². The number of methoxy groups -OCH3 is 3. The number of carbonyl (C=O) groups excluding carboxylic acids is 2. The van der Waals surface area contributed by atoms with Gasteiger partial charge in [0.1, 0.15) is 6.04 Å². The third-order valence-corrected chi connectivity index (χ3v) is 9.40. The lowest BCUT2D eigenvalue weighted by Gasteiger charge is -2.37. The molecule has 49 heavy (non-hydrogen) atoms. The number of hydrogen-bond donors (Lipinski definition) is 2. The Morgan fingerprint density at radius 2 is 1.67 bits per heavy atom. The highest BCUT2D eigenvalue weighted by molar-refractivity contribution is 5.86. The van der Waals surface area contributed by atoms with E-state index in [-0.39, 0.29) is 23.2 Å². The maximum absolute atomic E-state index is 14.0. The SMILES string of the molecule is COc1cc2c(c(OC)c1OC)-c1ccc(N[C@@H](CC(C)C)C(=O)N3CCN(CCc4ccncc4)CC3)c(=O)cc1[C@@H](NC(C)=O)CC2. The Kier molecular flexibility index (Phi) is 11.8. The smallest absolute Gasteiger partial charge is 0.245 e. The van der Waals surface area contributed by atoms with Gasteiger partial charge in [0.15, 0.2) is 11.5 Å². The van der Waals surface area contributed by atoms with Gasteiger partial charge >= 0.3 is 0 Å². The summed E-state index contributed by atoms with van der Waals surface area (Å²) in [7, 11) is 4.71. The monoisotopic (exact) mass is 671 g/mol. The van der Waals surface area contributed by atoms with Gasteiger partial charge in [0.05, 0.1) is 33.1 Å². The van der Waals surface area contributed by atoms with Crippen molar-refractivity contribution in [1.82, 2.24) is 20.1 Å². The number of amides is 2. The van der Waals surface area contributed by atoms with Crippen LogP contribution in [0.5, 0.6) is 17.2 Å². The number of nitrogens with zero attached hydrogens (tertiary/aromatic N) is 3. The van der Waals surface area contributed by atoms with Crippen molar-refractivity contribution in [1.29, 1.82) is 0 Å². The Hall–Kier alpha value is -4.64. The van der Waals surface area contributed by atoms with Crippen LogP contribution in [0.4, 0.5) is 5.69 Å². The van der Waals surface area contributed by atoms with Crippen molar-refractivity contribution >= 4 is 17.5 Å². The lowest BCUT2D eigenvalue weighted by Crippen LogP contribution is -2.53. The summed E-state index contributed by atoms with van der Waals surface area (Å²) in [6.07, 6.45) is 6.31. The van der Waals surface area contributed by atoms with Gasteiger partial charge in [0.2, 0.25) is 23.0 Å². The van der Waals surface area contributed by atoms with Crippen LogP contribution in [-0.4, -0.2) is 86.7 Å². The number of piperazine rings is 1. The average molecular weight is 672 g/mol. The maximum atomic E-state index is 14.0. The van der Waals surface area contributed by atoms with Crippen LogP contribution >= 0.6 is 0 Å². The molecule has 3 aromatic rings. The van der Waals surface area contributed by atoms with Crippen LogP contribution < -0.4 is 30.3 Å². The predicted molar refractivity (Wildman–Crippen MR) is 191 cm³/mol. The van der Waals surface area contributed by atoms with E-state index in [4.69, 9.17) is 14.2 Å². The summed E-state index contributed by atoms with van der Waals surface area (Å²) in [5.41, 5.74) is 4.45.